The Kier molecular flexibility index (Phi) is 6.29. The molecule has 2 amide bonds. The van der Waals surface area contributed by atoms with E-state index >= 15 is 0 Å². The number of benzene rings is 2. The number of alkyl halides is 2. The molecule has 9 heteroatoms. The third kappa shape index (κ3) is 4.98. The summed E-state index contributed by atoms with van der Waals surface area (Å²) in [6.45, 7) is -4.09. The fourth-order valence-corrected chi connectivity index (χ4v) is 3.22. The molecule has 2 N–H and O–H groups in total. The molecule has 0 saturated carbocycles. The lowest BCUT2D eigenvalue weighted by molar-refractivity contribution is -0.127. The zero-order chi connectivity index (χ0) is 22.6. The van der Waals surface area contributed by atoms with Gasteiger partial charge in [0.2, 0.25) is 0 Å². The van der Waals surface area contributed by atoms with Crippen LogP contribution in [0.5, 0.6) is 5.75 Å². The number of carbonyl (C=O) groups excluding carboxylic acids is 2. The van der Waals surface area contributed by atoms with E-state index in [1.807, 2.05) is 0 Å². The summed E-state index contributed by atoms with van der Waals surface area (Å²) in [5, 5.41) is 2.46. The van der Waals surface area contributed by atoms with Gasteiger partial charge in [-0.15, -0.1) is 0 Å². The third-order valence-electron chi connectivity index (χ3n) is 4.54. The fourth-order valence-electron chi connectivity index (χ4n) is 3.22. The molecule has 0 heterocycles. The van der Waals surface area contributed by atoms with Gasteiger partial charge in [-0.2, -0.15) is 8.78 Å². The van der Waals surface area contributed by atoms with Crippen LogP contribution in [0.25, 0.3) is 11.1 Å². The van der Waals surface area contributed by atoms with Crippen molar-refractivity contribution in [2.24, 2.45) is 0 Å². The number of hydrogen-bond acceptors (Lipinski definition) is 4. The van der Waals surface area contributed by atoms with E-state index in [2.05, 4.69) is 20.4 Å². The van der Waals surface area contributed by atoms with Crippen LogP contribution in [0.15, 0.2) is 53.6 Å². The van der Waals surface area contributed by atoms with E-state index in [-0.39, 0.29) is 17.0 Å². The molecular weight excluding hydrogens is 401 g/mol. The molecule has 0 bridgehead atoms. The summed E-state index contributed by atoms with van der Waals surface area (Å²) in [4.78, 5) is 29.1. The lowest BCUT2D eigenvalue weighted by Crippen LogP contribution is -2.25. The lowest BCUT2D eigenvalue weighted by Gasteiger charge is -2.11. The maximum atomic E-state index is 14.6. The number of rotatable bonds is 7. The van der Waals surface area contributed by atoms with Crippen molar-refractivity contribution in [3.63, 3.8) is 0 Å². The molecule has 0 saturated heterocycles. The van der Waals surface area contributed by atoms with E-state index in [4.69, 9.17) is 1.37 Å². The highest BCUT2D eigenvalue weighted by Crippen LogP contribution is 2.30. The minimum atomic E-state index is -4.09. The number of carbonyl (C=O) groups is 2. The highest BCUT2D eigenvalue weighted by atomic mass is 19.3. The molecular formula is C21H19F3N2O4. The van der Waals surface area contributed by atoms with Crippen molar-refractivity contribution in [3.8, 4) is 16.9 Å². The maximum absolute atomic E-state index is 14.6. The second kappa shape index (κ2) is 9.45. The smallest absolute Gasteiger partial charge is 0.387 e. The number of amides is 2. The highest BCUT2D eigenvalue weighted by molar-refractivity contribution is 6.10. The average molecular weight is 421 g/mol. The summed E-state index contributed by atoms with van der Waals surface area (Å²) in [6.07, 6.45) is 1.41. The van der Waals surface area contributed by atoms with Crippen molar-refractivity contribution in [2.75, 3.05) is 12.4 Å². The van der Waals surface area contributed by atoms with E-state index in [0.29, 0.717) is 36.0 Å². The monoisotopic (exact) mass is 421 g/mol. The Bertz CT molecular complexity index is 1040. The molecule has 6 nitrogen and oxygen atoms in total. The molecule has 0 unspecified atom stereocenters. The normalized spacial score (nSPS) is 14.3. The Balaban J connectivity index is 1.79. The van der Waals surface area contributed by atoms with Gasteiger partial charge in [0.25, 0.3) is 11.8 Å². The zero-order valence-electron chi connectivity index (χ0n) is 16.9. The molecule has 1 aliphatic carbocycles. The minimum absolute atomic E-state index is 0.0928. The topological polar surface area (TPSA) is 76.7 Å². The van der Waals surface area contributed by atoms with E-state index in [0.717, 1.165) is 6.07 Å². The number of nitrogens with one attached hydrogen (secondary N) is 2. The lowest BCUT2D eigenvalue weighted by atomic mass is 10.0. The molecule has 2 aromatic rings. The van der Waals surface area contributed by atoms with Gasteiger partial charge in [-0.3, -0.25) is 14.4 Å². The van der Waals surface area contributed by atoms with Gasteiger partial charge in [-0.1, -0.05) is 18.2 Å². The van der Waals surface area contributed by atoms with Gasteiger partial charge in [0.15, 0.2) is 1.37 Å². The molecule has 158 valence electrons. The summed E-state index contributed by atoms with van der Waals surface area (Å²) < 4.78 is 50.8. The van der Waals surface area contributed by atoms with Crippen molar-refractivity contribution >= 4 is 17.5 Å². The predicted octanol–water partition coefficient (Wildman–Crippen LogP) is 4.19. The predicted molar refractivity (Wildman–Crippen MR) is 103 cm³/mol. The number of halogens is 3. The van der Waals surface area contributed by atoms with E-state index < -0.39 is 24.2 Å². The van der Waals surface area contributed by atoms with Crippen LogP contribution in [0.2, 0.25) is 0 Å². The molecule has 3 rings (SSSR count). The van der Waals surface area contributed by atoms with Crippen LogP contribution in [-0.4, -0.2) is 25.5 Å². The van der Waals surface area contributed by atoms with Gasteiger partial charge in [-0.25, -0.2) is 9.87 Å². The molecule has 30 heavy (non-hydrogen) atoms. The van der Waals surface area contributed by atoms with Crippen LogP contribution in [0.1, 0.15) is 20.6 Å². The molecule has 0 aromatic heterocycles. The summed E-state index contributed by atoms with van der Waals surface area (Å²) in [7, 11) is 1.28. The van der Waals surface area contributed by atoms with Gasteiger partial charge in [0.1, 0.15) is 11.6 Å². The van der Waals surface area contributed by atoms with Crippen LogP contribution >= 0.6 is 0 Å². The molecule has 1 aliphatic rings. The largest absolute Gasteiger partial charge is 0.435 e. The van der Waals surface area contributed by atoms with Crippen molar-refractivity contribution in [3.05, 3.63) is 59.4 Å². The molecule has 0 spiro atoms. The first-order valence-corrected chi connectivity index (χ1v) is 9.01. The summed E-state index contributed by atoms with van der Waals surface area (Å²) >= 11 is 0. The van der Waals surface area contributed by atoms with Gasteiger partial charge < -0.3 is 10.1 Å². The van der Waals surface area contributed by atoms with E-state index in [1.54, 1.807) is 6.07 Å². The Morgan fingerprint density at radius 1 is 1.07 bits per heavy atom. The van der Waals surface area contributed by atoms with Crippen molar-refractivity contribution in [1.29, 1.82) is 0 Å². The SMILES string of the molecule is [2H]C(F)(F)Oc1cccc(-c2ccc(NC(=O)C3=C(C(=O)NOC)CCC3)c(F)c2)c1. The molecule has 2 aromatic carbocycles. The van der Waals surface area contributed by atoms with Crippen LogP contribution in [-0.2, 0) is 14.4 Å². The molecule has 0 fully saturated rings. The highest BCUT2D eigenvalue weighted by Gasteiger charge is 2.26. The Morgan fingerprint density at radius 2 is 1.77 bits per heavy atom. The van der Waals surface area contributed by atoms with Crippen LogP contribution in [0, 0.1) is 5.82 Å². The Morgan fingerprint density at radius 3 is 2.43 bits per heavy atom. The van der Waals surface area contributed by atoms with Crippen molar-refractivity contribution < 1.29 is 33.7 Å². The Labute approximate surface area is 172 Å². The van der Waals surface area contributed by atoms with Crippen molar-refractivity contribution in [1.82, 2.24) is 5.48 Å². The van der Waals surface area contributed by atoms with Crippen LogP contribution < -0.4 is 15.5 Å². The number of ether oxygens (including phenoxy) is 1. The van der Waals surface area contributed by atoms with E-state index in [1.165, 1.54) is 37.4 Å². The first-order valence-electron chi connectivity index (χ1n) is 9.51. The van der Waals surface area contributed by atoms with Crippen LogP contribution in [0.3, 0.4) is 0 Å². The Hall–Kier alpha value is -3.33. The fraction of sp³-hybridized carbons (Fsp3) is 0.238. The standard InChI is InChI=1S/C21H19F3N2O4/c1-29-26-20(28)16-7-3-6-15(16)19(27)25-18-9-8-13(11-17(18)22)12-4-2-5-14(10-12)30-21(23)24/h2,4-5,8-11,21H,3,6-7H2,1H3,(H,25,27)(H,26,28)/i21D. The summed E-state index contributed by atoms with van der Waals surface area (Å²) in [5.74, 6) is -2.09. The van der Waals surface area contributed by atoms with Crippen molar-refractivity contribution in [2.45, 2.75) is 25.9 Å². The minimum Gasteiger partial charge on any atom is -0.435 e. The van der Waals surface area contributed by atoms with Gasteiger partial charge in [0.05, 0.1) is 12.8 Å². The first-order chi connectivity index (χ1) is 14.7. The number of hydrogen-bond donors (Lipinski definition) is 2. The second-order valence-electron chi connectivity index (χ2n) is 6.45. The molecule has 0 radical (unpaired) electrons. The molecule has 0 aliphatic heterocycles. The number of anilines is 1. The third-order valence-corrected chi connectivity index (χ3v) is 4.54. The second-order valence-corrected chi connectivity index (χ2v) is 6.45. The maximum Gasteiger partial charge on any atom is 0.387 e. The number of hydroxylamine groups is 1. The zero-order valence-corrected chi connectivity index (χ0v) is 15.9. The average Bonchev–Trinajstić information content (AvgIpc) is 3.19. The summed E-state index contributed by atoms with van der Waals surface area (Å²) in [5.41, 5.74) is 3.37. The van der Waals surface area contributed by atoms with Gasteiger partial charge in [-0.05, 0) is 54.7 Å². The van der Waals surface area contributed by atoms with E-state index in [9.17, 15) is 22.8 Å². The molecule has 0 atom stereocenters. The quantitative estimate of drug-likeness (QED) is 0.658. The van der Waals surface area contributed by atoms with Crippen LogP contribution in [0.4, 0.5) is 18.9 Å². The van der Waals surface area contributed by atoms with Gasteiger partial charge in [0, 0.05) is 11.1 Å². The first kappa shape index (κ1) is 20.0. The summed E-state index contributed by atoms with van der Waals surface area (Å²) in [6, 6.07) is 9.46. The van der Waals surface area contributed by atoms with Gasteiger partial charge >= 0.3 is 6.59 Å².